The summed E-state index contributed by atoms with van der Waals surface area (Å²) in [4.78, 5) is 0. The Labute approximate surface area is 101 Å². The van der Waals surface area contributed by atoms with Gasteiger partial charge in [0.15, 0.2) is 13.7 Å². The maximum Gasteiger partial charge on any atom is 0.483 e. The Morgan fingerprint density at radius 1 is 0.789 bits per heavy atom. The number of hydrogen-bond donors (Lipinski definition) is 0. The number of rotatable bonds is 3. The molecule has 0 aliphatic carbocycles. The maximum atomic E-state index is 11.3. The molecule has 0 unspecified atom stereocenters. The first-order valence-electron chi connectivity index (χ1n) is 3.99. The van der Waals surface area contributed by atoms with Gasteiger partial charge < -0.3 is 4.74 Å². The molecule has 0 aromatic carbocycles. The molecule has 12 heteroatoms. The zero-order valence-electron chi connectivity index (χ0n) is 9.51. The van der Waals surface area contributed by atoms with Crippen LogP contribution >= 0.6 is 0 Å². The van der Waals surface area contributed by atoms with E-state index in [1.807, 2.05) is 0 Å². The molecule has 0 radical (unpaired) electrons. The van der Waals surface area contributed by atoms with Gasteiger partial charge in [-0.3, -0.25) is 4.74 Å². The van der Waals surface area contributed by atoms with Crippen molar-refractivity contribution in [2.24, 2.45) is 0 Å². The summed E-state index contributed by atoms with van der Waals surface area (Å²) >= 11 is 0. The van der Waals surface area contributed by atoms with E-state index in [9.17, 15) is 43.9 Å². The molecule has 120 valence electrons. The Morgan fingerprint density at radius 3 is 1.11 bits per heavy atom. The molecule has 0 aliphatic heterocycles. The summed E-state index contributed by atoms with van der Waals surface area (Å²) < 4.78 is 114. The summed E-state index contributed by atoms with van der Waals surface area (Å²) in [6.45, 7) is -2.67. The molecule has 0 rings (SSSR count). The van der Waals surface area contributed by atoms with Crippen LogP contribution in [0, 0.1) is 0 Å². The molecule has 0 bridgehead atoms. The average molecular weight is 316 g/mol. The lowest BCUT2D eigenvalue weighted by molar-refractivity contribution is -0.398. The monoisotopic (exact) mass is 316 g/mol. The van der Waals surface area contributed by atoms with Gasteiger partial charge in [-0.1, -0.05) is 0 Å². The fraction of sp³-hybridized carbons (Fsp3) is 1.00. The summed E-state index contributed by atoms with van der Waals surface area (Å²) in [5.74, 6) is 0. The van der Waals surface area contributed by atoms with Crippen molar-refractivity contribution in [1.82, 2.24) is 0 Å². The molecule has 0 aliphatic rings. The highest BCUT2D eigenvalue weighted by Gasteiger charge is 2.59. The lowest BCUT2D eigenvalue weighted by atomic mass is 10.6. The van der Waals surface area contributed by atoms with E-state index in [2.05, 4.69) is 9.47 Å². The van der Waals surface area contributed by atoms with Crippen LogP contribution in [0.15, 0.2) is 0 Å². The summed E-state index contributed by atoms with van der Waals surface area (Å²) in [5, 5.41) is 0. The predicted molar refractivity (Wildman–Crippen MR) is 42.8 cm³/mol. The zero-order valence-corrected chi connectivity index (χ0v) is 9.51. The Kier molecular flexibility index (Phi) is 12.4. The first-order chi connectivity index (χ1) is 8.22. The van der Waals surface area contributed by atoms with Gasteiger partial charge in [-0.15, -0.1) is 0 Å². The van der Waals surface area contributed by atoms with Crippen LogP contribution in [0.1, 0.15) is 6.92 Å². The molecule has 0 aromatic rings. The maximum absolute atomic E-state index is 11.3. The highest BCUT2D eigenvalue weighted by molar-refractivity contribution is 4.62. The fourth-order valence-electron chi connectivity index (χ4n) is 0.150. The first-order valence-corrected chi connectivity index (χ1v) is 3.99. The van der Waals surface area contributed by atoms with E-state index < -0.39 is 32.2 Å². The topological polar surface area (TPSA) is 18.5 Å². The standard InChI is InChI=1S/C3H2F6O.C2H3F3.C2H5FO/c4-1-10-3(8,9)2(5,6)7;1-2(3,4)5;1-4-2-3/h1H2;1H3;2H2,1H3. The van der Waals surface area contributed by atoms with Crippen LogP contribution in [0.5, 0.6) is 0 Å². The van der Waals surface area contributed by atoms with E-state index in [4.69, 9.17) is 0 Å². The number of hydrogen-bond acceptors (Lipinski definition) is 2. The van der Waals surface area contributed by atoms with Gasteiger partial charge in [0.1, 0.15) is 0 Å². The van der Waals surface area contributed by atoms with Crippen molar-refractivity contribution in [1.29, 1.82) is 0 Å². The quantitative estimate of drug-likeness (QED) is 0.726. The Morgan fingerprint density at radius 2 is 1.05 bits per heavy atom. The normalized spacial score (nSPS) is 12.0. The van der Waals surface area contributed by atoms with Crippen LogP contribution in [-0.2, 0) is 9.47 Å². The Hall–Kier alpha value is -0.780. The van der Waals surface area contributed by atoms with Crippen molar-refractivity contribution in [2.75, 3.05) is 20.8 Å². The van der Waals surface area contributed by atoms with E-state index >= 15 is 0 Å². The zero-order chi connectivity index (χ0) is 16.3. The minimum Gasteiger partial charge on any atom is -0.354 e. The lowest BCUT2D eigenvalue weighted by Gasteiger charge is -2.16. The fourth-order valence-corrected chi connectivity index (χ4v) is 0.150. The van der Waals surface area contributed by atoms with Crippen LogP contribution in [0.4, 0.5) is 43.9 Å². The summed E-state index contributed by atoms with van der Waals surface area (Å²) in [6.07, 6.45) is -15.2. The third-order valence-electron chi connectivity index (χ3n) is 0.675. The van der Waals surface area contributed by atoms with Crippen molar-refractivity contribution in [3.05, 3.63) is 0 Å². The van der Waals surface area contributed by atoms with Crippen LogP contribution < -0.4 is 0 Å². The minimum absolute atomic E-state index is 0.188. The molecule has 0 saturated carbocycles. The molecule has 0 heterocycles. The van der Waals surface area contributed by atoms with E-state index in [-0.39, 0.29) is 6.92 Å². The smallest absolute Gasteiger partial charge is 0.354 e. The molecular weight excluding hydrogens is 306 g/mol. The van der Waals surface area contributed by atoms with Gasteiger partial charge >= 0.3 is 18.5 Å². The molecule has 0 atom stereocenters. The highest BCUT2D eigenvalue weighted by Crippen LogP contribution is 2.35. The van der Waals surface area contributed by atoms with Gasteiger partial charge in [0, 0.05) is 14.0 Å². The Bertz CT molecular complexity index is 191. The van der Waals surface area contributed by atoms with E-state index in [1.54, 1.807) is 0 Å². The predicted octanol–water partition coefficient (Wildman–Crippen LogP) is 4.21. The van der Waals surface area contributed by atoms with Crippen LogP contribution in [0.3, 0.4) is 0 Å². The van der Waals surface area contributed by atoms with E-state index in [0.717, 1.165) is 0 Å². The molecule has 0 aromatic heterocycles. The number of halogens is 10. The average Bonchev–Trinajstić information content (AvgIpc) is 2.13. The molecule has 19 heavy (non-hydrogen) atoms. The summed E-state index contributed by atoms with van der Waals surface area (Å²) in [6, 6.07) is 0. The second-order valence-electron chi connectivity index (χ2n) is 2.45. The third kappa shape index (κ3) is 22.8. The van der Waals surface area contributed by atoms with Gasteiger partial charge in [0.05, 0.1) is 0 Å². The Balaban J connectivity index is -0.000000238. The van der Waals surface area contributed by atoms with Gasteiger partial charge in [-0.05, 0) is 0 Å². The molecule has 0 spiro atoms. The molecule has 0 N–H and O–H groups in total. The summed E-state index contributed by atoms with van der Waals surface area (Å²) in [7, 11) is 1.31. The third-order valence-corrected chi connectivity index (χ3v) is 0.675. The number of ether oxygens (including phenoxy) is 2. The minimum atomic E-state index is -5.85. The number of methoxy groups -OCH3 is 1. The van der Waals surface area contributed by atoms with Gasteiger partial charge in [-0.25, -0.2) is 8.78 Å². The highest BCUT2D eigenvalue weighted by atomic mass is 19.4. The van der Waals surface area contributed by atoms with Gasteiger partial charge in [0.25, 0.3) is 0 Å². The van der Waals surface area contributed by atoms with E-state index in [1.165, 1.54) is 7.11 Å². The van der Waals surface area contributed by atoms with E-state index in [0.29, 0.717) is 0 Å². The van der Waals surface area contributed by atoms with Crippen LogP contribution in [-0.4, -0.2) is 39.3 Å². The molecule has 0 saturated heterocycles. The molecule has 0 fully saturated rings. The van der Waals surface area contributed by atoms with Crippen LogP contribution in [0.2, 0.25) is 0 Å². The second kappa shape index (κ2) is 10.1. The van der Waals surface area contributed by atoms with Crippen molar-refractivity contribution in [3.8, 4) is 0 Å². The molecule has 0 amide bonds. The lowest BCUT2D eigenvalue weighted by Crippen LogP contribution is -2.38. The van der Waals surface area contributed by atoms with Crippen molar-refractivity contribution in [3.63, 3.8) is 0 Å². The molecule has 2 nitrogen and oxygen atoms in total. The number of alkyl halides is 10. The van der Waals surface area contributed by atoms with Gasteiger partial charge in [-0.2, -0.15) is 35.1 Å². The van der Waals surface area contributed by atoms with Crippen molar-refractivity contribution in [2.45, 2.75) is 25.4 Å². The largest absolute Gasteiger partial charge is 0.483 e. The summed E-state index contributed by atoms with van der Waals surface area (Å²) in [5.41, 5.74) is 0. The second-order valence-corrected chi connectivity index (χ2v) is 2.45. The van der Waals surface area contributed by atoms with Crippen molar-refractivity contribution >= 4 is 0 Å². The SMILES string of the molecule is CC(F)(F)F.COCF.FCOC(F)(F)C(F)(F)F. The van der Waals surface area contributed by atoms with Gasteiger partial charge in [0.2, 0.25) is 0 Å². The molecular formula is C7H10F10O2. The van der Waals surface area contributed by atoms with Crippen molar-refractivity contribution < 1.29 is 53.4 Å². The first kappa shape index (κ1) is 23.3. The van der Waals surface area contributed by atoms with Crippen LogP contribution in [0.25, 0.3) is 0 Å².